The average Bonchev–Trinajstić information content (AvgIpc) is 2.87. The molecule has 2 nitrogen and oxygen atoms in total. The monoisotopic (exact) mass is 302 g/mol. The molecule has 0 unspecified atom stereocenters. The zero-order valence-electron chi connectivity index (χ0n) is 14.5. The van der Waals surface area contributed by atoms with Crippen LogP contribution in [0.4, 0.5) is 0 Å². The van der Waals surface area contributed by atoms with Gasteiger partial charge < -0.3 is 9.15 Å². The average molecular weight is 302 g/mol. The van der Waals surface area contributed by atoms with E-state index in [1.54, 1.807) is 6.26 Å². The maximum atomic E-state index is 5.63. The first kappa shape index (κ1) is 17.1. The minimum Gasteiger partial charge on any atom is -0.472 e. The number of hydrogen-bond donors (Lipinski definition) is 0. The third-order valence-electron chi connectivity index (χ3n) is 4.50. The van der Waals surface area contributed by atoms with Crippen molar-refractivity contribution in [1.29, 1.82) is 0 Å². The van der Waals surface area contributed by atoms with Crippen LogP contribution in [0.1, 0.15) is 65.4 Å². The normalized spacial score (nSPS) is 21.2. The molecule has 0 saturated carbocycles. The Morgan fingerprint density at radius 2 is 1.82 bits per heavy atom. The van der Waals surface area contributed by atoms with Crippen LogP contribution in [0.25, 0.3) is 0 Å². The van der Waals surface area contributed by atoms with Crippen LogP contribution in [0, 0.1) is 0 Å². The third kappa shape index (κ3) is 5.84. The maximum absolute atomic E-state index is 5.63. The van der Waals surface area contributed by atoms with Crippen molar-refractivity contribution in [1.82, 2.24) is 0 Å². The molecule has 0 aliphatic carbocycles. The molecular formula is C20H30O2. The molecule has 1 aliphatic heterocycles. The van der Waals surface area contributed by atoms with Gasteiger partial charge in [0.15, 0.2) is 0 Å². The van der Waals surface area contributed by atoms with E-state index in [0.29, 0.717) is 6.10 Å². The Labute approximate surface area is 135 Å². The number of rotatable bonds is 9. The van der Waals surface area contributed by atoms with Crippen molar-refractivity contribution in [3.8, 4) is 0 Å². The van der Waals surface area contributed by atoms with Gasteiger partial charge in [-0.3, -0.25) is 0 Å². The molecule has 0 spiro atoms. The van der Waals surface area contributed by atoms with E-state index < -0.39 is 0 Å². The van der Waals surface area contributed by atoms with E-state index in [4.69, 9.17) is 9.15 Å². The molecule has 1 fully saturated rings. The number of ether oxygens (including phenoxy) is 1. The van der Waals surface area contributed by atoms with E-state index in [-0.39, 0.29) is 5.60 Å². The molecular weight excluding hydrogens is 272 g/mol. The van der Waals surface area contributed by atoms with Crippen LogP contribution in [-0.4, -0.2) is 11.7 Å². The summed E-state index contributed by atoms with van der Waals surface area (Å²) in [6.45, 7) is 8.83. The van der Waals surface area contributed by atoms with Crippen molar-refractivity contribution in [2.24, 2.45) is 0 Å². The van der Waals surface area contributed by atoms with E-state index in [1.165, 1.54) is 16.7 Å². The van der Waals surface area contributed by atoms with Crippen molar-refractivity contribution >= 4 is 0 Å². The molecule has 2 rings (SSSR count). The summed E-state index contributed by atoms with van der Waals surface area (Å²) in [5, 5.41) is 0. The molecule has 1 aromatic heterocycles. The van der Waals surface area contributed by atoms with Gasteiger partial charge in [-0.25, -0.2) is 0 Å². The first-order chi connectivity index (χ1) is 10.5. The quantitative estimate of drug-likeness (QED) is 0.423. The number of aryl methyl sites for hydroxylation is 1. The van der Waals surface area contributed by atoms with Gasteiger partial charge in [0.1, 0.15) is 0 Å². The first-order valence-corrected chi connectivity index (χ1v) is 8.47. The van der Waals surface area contributed by atoms with Gasteiger partial charge >= 0.3 is 0 Å². The molecule has 1 saturated heterocycles. The highest BCUT2D eigenvalue weighted by molar-refractivity contribution is 5.09. The molecule has 2 heterocycles. The summed E-state index contributed by atoms with van der Waals surface area (Å²) in [5.41, 5.74) is 4.40. The standard InChI is InChI=1S/C20H30O2/c1-16(9-6-10-18-13-14-21-15-18)7-5-8-17(2)11-12-19-20(3,4)22-19/h8-9,13-15,19H,5-7,10-12H2,1-4H3/b16-9+,17-8+/t19-/m0/s1. The van der Waals surface area contributed by atoms with Crippen molar-refractivity contribution in [2.75, 3.05) is 0 Å². The molecule has 0 radical (unpaired) electrons. The second kappa shape index (κ2) is 7.82. The van der Waals surface area contributed by atoms with Gasteiger partial charge in [-0.15, -0.1) is 0 Å². The minimum absolute atomic E-state index is 0.134. The summed E-state index contributed by atoms with van der Waals surface area (Å²) in [7, 11) is 0. The van der Waals surface area contributed by atoms with E-state index in [9.17, 15) is 0 Å². The Bertz CT molecular complexity index is 506. The Morgan fingerprint density at radius 3 is 2.45 bits per heavy atom. The summed E-state index contributed by atoms with van der Waals surface area (Å²) in [6, 6.07) is 2.04. The summed E-state index contributed by atoms with van der Waals surface area (Å²) in [5.74, 6) is 0. The molecule has 1 aromatic rings. The molecule has 0 bridgehead atoms. The first-order valence-electron chi connectivity index (χ1n) is 8.47. The van der Waals surface area contributed by atoms with Gasteiger partial charge in [-0.2, -0.15) is 0 Å². The molecule has 0 aromatic carbocycles. The topological polar surface area (TPSA) is 25.7 Å². The molecule has 122 valence electrons. The van der Waals surface area contributed by atoms with Gasteiger partial charge in [0.2, 0.25) is 0 Å². The minimum atomic E-state index is 0.134. The molecule has 1 aliphatic rings. The van der Waals surface area contributed by atoms with Crippen LogP contribution in [0.5, 0.6) is 0 Å². The predicted molar refractivity (Wildman–Crippen MR) is 92.0 cm³/mol. The van der Waals surface area contributed by atoms with E-state index >= 15 is 0 Å². The van der Waals surface area contributed by atoms with E-state index in [2.05, 4.69) is 39.8 Å². The predicted octanol–water partition coefficient (Wildman–Crippen LogP) is 5.84. The largest absolute Gasteiger partial charge is 0.472 e. The number of epoxide rings is 1. The summed E-state index contributed by atoms with van der Waals surface area (Å²) < 4.78 is 10.7. The van der Waals surface area contributed by atoms with Gasteiger partial charge in [0, 0.05) is 0 Å². The van der Waals surface area contributed by atoms with Gasteiger partial charge in [0.05, 0.1) is 24.2 Å². The lowest BCUT2D eigenvalue weighted by Gasteiger charge is -2.02. The summed E-state index contributed by atoms with van der Waals surface area (Å²) in [4.78, 5) is 0. The van der Waals surface area contributed by atoms with Crippen molar-refractivity contribution in [3.05, 3.63) is 47.5 Å². The zero-order valence-corrected chi connectivity index (χ0v) is 14.5. The van der Waals surface area contributed by atoms with Crippen LogP contribution < -0.4 is 0 Å². The summed E-state index contributed by atoms with van der Waals surface area (Å²) >= 11 is 0. The van der Waals surface area contributed by atoms with Crippen LogP contribution in [0.2, 0.25) is 0 Å². The number of furan rings is 1. The number of hydrogen-bond acceptors (Lipinski definition) is 2. The second-order valence-electron chi connectivity index (χ2n) is 7.06. The third-order valence-corrected chi connectivity index (χ3v) is 4.50. The lowest BCUT2D eigenvalue weighted by atomic mass is 10.0. The molecule has 2 heteroatoms. The number of allylic oxidation sites excluding steroid dienone is 4. The summed E-state index contributed by atoms with van der Waals surface area (Å²) in [6.07, 6.45) is 15.6. The highest BCUT2D eigenvalue weighted by Crippen LogP contribution is 2.38. The zero-order chi connectivity index (χ0) is 16.0. The van der Waals surface area contributed by atoms with Crippen LogP contribution in [-0.2, 0) is 11.2 Å². The van der Waals surface area contributed by atoms with Crippen LogP contribution in [0.15, 0.2) is 46.3 Å². The van der Waals surface area contributed by atoms with E-state index in [1.807, 2.05) is 12.3 Å². The Morgan fingerprint density at radius 1 is 1.14 bits per heavy atom. The fourth-order valence-electron chi connectivity index (χ4n) is 2.77. The Hall–Kier alpha value is -1.28. The van der Waals surface area contributed by atoms with Crippen molar-refractivity contribution in [3.63, 3.8) is 0 Å². The molecule has 22 heavy (non-hydrogen) atoms. The highest BCUT2D eigenvalue weighted by atomic mass is 16.6. The SMILES string of the molecule is C/C(=C\CCc1ccoc1)CC/C=C(\C)CC[C@@H]1OC1(C)C. The maximum Gasteiger partial charge on any atom is 0.0934 e. The lowest BCUT2D eigenvalue weighted by molar-refractivity contribution is 0.320. The Balaban J connectivity index is 1.58. The van der Waals surface area contributed by atoms with Gasteiger partial charge in [-0.05, 0) is 77.8 Å². The molecule has 1 atom stereocenters. The van der Waals surface area contributed by atoms with E-state index in [0.717, 1.165) is 38.5 Å². The highest BCUT2D eigenvalue weighted by Gasteiger charge is 2.46. The Kier molecular flexibility index (Phi) is 6.07. The van der Waals surface area contributed by atoms with Crippen LogP contribution >= 0.6 is 0 Å². The second-order valence-corrected chi connectivity index (χ2v) is 7.06. The van der Waals surface area contributed by atoms with Crippen molar-refractivity contribution < 1.29 is 9.15 Å². The van der Waals surface area contributed by atoms with Crippen molar-refractivity contribution in [2.45, 2.75) is 77.9 Å². The fourth-order valence-corrected chi connectivity index (χ4v) is 2.77. The smallest absolute Gasteiger partial charge is 0.0934 e. The van der Waals surface area contributed by atoms with Crippen LogP contribution in [0.3, 0.4) is 0 Å². The molecule has 0 N–H and O–H groups in total. The lowest BCUT2D eigenvalue weighted by Crippen LogP contribution is -2.02. The van der Waals surface area contributed by atoms with Gasteiger partial charge in [-0.1, -0.05) is 23.3 Å². The fraction of sp³-hybridized carbons (Fsp3) is 0.600. The van der Waals surface area contributed by atoms with Gasteiger partial charge in [0.25, 0.3) is 0 Å². The molecule has 0 amide bonds.